The normalized spacial score (nSPS) is 33.2. The molecule has 0 aromatic rings. The largest absolute Gasteiger partial charge is 0.378 e. The molecule has 1 spiro atoms. The fraction of sp³-hybridized carbons (Fsp3) is 0.750. The van der Waals surface area contributed by atoms with E-state index >= 15 is 0 Å². The molecule has 2 fully saturated rings. The second-order valence-electron chi connectivity index (χ2n) is 3.36. The molecule has 13 heavy (non-hydrogen) atoms. The number of rotatable bonds is 1. The Kier molecular flexibility index (Phi) is 1.76. The van der Waals surface area contributed by atoms with Crippen LogP contribution in [0, 0.1) is 0 Å². The van der Waals surface area contributed by atoms with Gasteiger partial charge in [-0.25, -0.2) is 4.79 Å². The summed E-state index contributed by atoms with van der Waals surface area (Å²) in [5, 5.41) is 2.69. The zero-order valence-electron chi connectivity index (χ0n) is 7.50. The summed E-state index contributed by atoms with van der Waals surface area (Å²) in [6, 6.07) is -0.294. The van der Waals surface area contributed by atoms with Gasteiger partial charge in [0.1, 0.15) is 5.54 Å². The van der Waals surface area contributed by atoms with Crippen molar-refractivity contribution >= 4 is 11.9 Å². The third-order valence-corrected chi connectivity index (χ3v) is 2.58. The van der Waals surface area contributed by atoms with Gasteiger partial charge in [0.25, 0.3) is 5.91 Å². The third-order valence-electron chi connectivity index (χ3n) is 2.58. The maximum atomic E-state index is 11.7. The van der Waals surface area contributed by atoms with Crippen LogP contribution in [0.2, 0.25) is 0 Å². The summed E-state index contributed by atoms with van der Waals surface area (Å²) in [4.78, 5) is 24.3. The number of carbonyl (C=O) groups is 2. The highest BCUT2D eigenvalue weighted by atomic mass is 16.5. The zero-order valence-corrected chi connectivity index (χ0v) is 7.50. The maximum Gasteiger partial charge on any atom is 0.325 e. The van der Waals surface area contributed by atoms with Crippen molar-refractivity contribution in [2.75, 3.05) is 19.8 Å². The SMILES string of the molecule is CCN1C(=O)NC2(CCOC2)C1=O. The summed E-state index contributed by atoms with van der Waals surface area (Å²) in [6.07, 6.45) is 0.591. The smallest absolute Gasteiger partial charge is 0.325 e. The number of hydrogen-bond acceptors (Lipinski definition) is 3. The molecule has 5 heteroatoms. The van der Waals surface area contributed by atoms with Gasteiger partial charge in [0.15, 0.2) is 0 Å². The predicted molar refractivity (Wildman–Crippen MR) is 44.1 cm³/mol. The number of likely N-dealkylation sites (N-methyl/N-ethyl adjacent to an activating group) is 1. The fourth-order valence-electron chi connectivity index (χ4n) is 1.80. The van der Waals surface area contributed by atoms with Crippen molar-refractivity contribution in [1.82, 2.24) is 10.2 Å². The molecule has 72 valence electrons. The Labute approximate surface area is 76.0 Å². The van der Waals surface area contributed by atoms with Gasteiger partial charge in [0, 0.05) is 19.6 Å². The molecule has 0 saturated carbocycles. The molecule has 2 aliphatic rings. The molecule has 0 aliphatic carbocycles. The second kappa shape index (κ2) is 2.70. The van der Waals surface area contributed by atoms with Crippen LogP contribution in [0.1, 0.15) is 13.3 Å². The highest BCUT2D eigenvalue weighted by Gasteiger charge is 2.52. The topological polar surface area (TPSA) is 58.6 Å². The van der Waals surface area contributed by atoms with Gasteiger partial charge in [-0.05, 0) is 6.92 Å². The molecule has 1 atom stereocenters. The molecule has 2 rings (SSSR count). The van der Waals surface area contributed by atoms with Crippen molar-refractivity contribution in [3.05, 3.63) is 0 Å². The van der Waals surface area contributed by atoms with E-state index < -0.39 is 5.54 Å². The quantitative estimate of drug-likeness (QED) is 0.570. The molecular formula is C8H12N2O3. The minimum atomic E-state index is -0.743. The van der Waals surface area contributed by atoms with Gasteiger partial charge in [0.2, 0.25) is 0 Å². The number of carbonyl (C=O) groups excluding carboxylic acids is 2. The number of hydrogen-bond donors (Lipinski definition) is 1. The Morgan fingerprint density at radius 2 is 2.38 bits per heavy atom. The molecule has 0 radical (unpaired) electrons. The number of ether oxygens (including phenoxy) is 1. The molecule has 2 aliphatic heterocycles. The van der Waals surface area contributed by atoms with Crippen LogP contribution in [0.5, 0.6) is 0 Å². The van der Waals surface area contributed by atoms with Crippen LogP contribution in [-0.4, -0.2) is 42.1 Å². The molecule has 0 aromatic heterocycles. The van der Waals surface area contributed by atoms with Crippen molar-refractivity contribution in [1.29, 1.82) is 0 Å². The number of nitrogens with zero attached hydrogens (tertiary/aromatic N) is 1. The average molecular weight is 184 g/mol. The first-order valence-electron chi connectivity index (χ1n) is 4.41. The van der Waals surface area contributed by atoms with E-state index in [9.17, 15) is 9.59 Å². The van der Waals surface area contributed by atoms with Gasteiger partial charge < -0.3 is 10.1 Å². The van der Waals surface area contributed by atoms with E-state index in [1.807, 2.05) is 0 Å². The third kappa shape index (κ3) is 1.03. The average Bonchev–Trinajstić information content (AvgIpc) is 2.62. The van der Waals surface area contributed by atoms with Crippen molar-refractivity contribution in [3.8, 4) is 0 Å². The van der Waals surface area contributed by atoms with E-state index in [0.717, 1.165) is 0 Å². The van der Waals surface area contributed by atoms with E-state index in [4.69, 9.17) is 4.74 Å². The molecule has 0 bridgehead atoms. The molecule has 2 heterocycles. The lowest BCUT2D eigenvalue weighted by atomic mass is 9.99. The Balaban J connectivity index is 2.25. The predicted octanol–water partition coefficient (Wildman–Crippen LogP) is -0.283. The molecule has 0 aromatic carbocycles. The molecule has 2 saturated heterocycles. The van der Waals surface area contributed by atoms with E-state index in [-0.39, 0.29) is 11.9 Å². The Morgan fingerprint density at radius 1 is 1.62 bits per heavy atom. The minimum absolute atomic E-state index is 0.141. The van der Waals surface area contributed by atoms with Crippen LogP contribution >= 0.6 is 0 Å². The number of urea groups is 1. The monoisotopic (exact) mass is 184 g/mol. The summed E-state index contributed by atoms with van der Waals surface area (Å²) in [5.41, 5.74) is -0.743. The summed E-state index contributed by atoms with van der Waals surface area (Å²) < 4.78 is 5.13. The molecule has 5 nitrogen and oxygen atoms in total. The van der Waals surface area contributed by atoms with Gasteiger partial charge in [-0.1, -0.05) is 0 Å². The minimum Gasteiger partial charge on any atom is -0.378 e. The molecular weight excluding hydrogens is 172 g/mol. The second-order valence-corrected chi connectivity index (χ2v) is 3.36. The zero-order chi connectivity index (χ0) is 9.47. The first-order valence-corrected chi connectivity index (χ1v) is 4.41. The lowest BCUT2D eigenvalue weighted by molar-refractivity contribution is -0.131. The van der Waals surface area contributed by atoms with Gasteiger partial charge in [0.05, 0.1) is 6.61 Å². The standard InChI is InChI=1S/C8H12N2O3/c1-2-10-6(11)8(9-7(10)12)3-4-13-5-8/h2-5H2,1H3,(H,9,12). The van der Waals surface area contributed by atoms with E-state index in [2.05, 4.69) is 5.32 Å². The van der Waals surface area contributed by atoms with Crippen molar-refractivity contribution in [2.45, 2.75) is 18.9 Å². The van der Waals surface area contributed by atoms with Gasteiger partial charge in [-0.3, -0.25) is 9.69 Å². The number of amides is 3. The van der Waals surface area contributed by atoms with Crippen LogP contribution < -0.4 is 5.32 Å². The first-order chi connectivity index (χ1) is 6.19. The Bertz CT molecular complexity index is 258. The lowest BCUT2D eigenvalue weighted by Crippen LogP contribution is -2.47. The highest BCUT2D eigenvalue weighted by molar-refractivity contribution is 6.07. The Hall–Kier alpha value is -1.10. The maximum absolute atomic E-state index is 11.7. The number of imide groups is 1. The van der Waals surface area contributed by atoms with Crippen LogP contribution in [0.25, 0.3) is 0 Å². The van der Waals surface area contributed by atoms with Crippen LogP contribution in [0.4, 0.5) is 4.79 Å². The lowest BCUT2D eigenvalue weighted by Gasteiger charge is -2.17. The summed E-state index contributed by atoms with van der Waals surface area (Å²) in [7, 11) is 0. The van der Waals surface area contributed by atoms with Crippen molar-refractivity contribution < 1.29 is 14.3 Å². The van der Waals surface area contributed by atoms with Crippen LogP contribution in [0.3, 0.4) is 0 Å². The van der Waals surface area contributed by atoms with E-state index in [1.165, 1.54) is 4.90 Å². The molecule has 1 N–H and O–H groups in total. The van der Waals surface area contributed by atoms with Crippen molar-refractivity contribution in [3.63, 3.8) is 0 Å². The molecule has 3 amide bonds. The summed E-state index contributed by atoms with van der Waals surface area (Å²) >= 11 is 0. The fourth-order valence-corrected chi connectivity index (χ4v) is 1.80. The number of nitrogens with one attached hydrogen (secondary N) is 1. The summed E-state index contributed by atoms with van der Waals surface area (Å²) in [5.74, 6) is -0.141. The van der Waals surface area contributed by atoms with Gasteiger partial charge >= 0.3 is 6.03 Å². The van der Waals surface area contributed by atoms with Crippen LogP contribution in [0.15, 0.2) is 0 Å². The molecule has 1 unspecified atom stereocenters. The van der Waals surface area contributed by atoms with Gasteiger partial charge in [-0.15, -0.1) is 0 Å². The van der Waals surface area contributed by atoms with Crippen LogP contribution in [-0.2, 0) is 9.53 Å². The van der Waals surface area contributed by atoms with E-state index in [1.54, 1.807) is 6.92 Å². The summed E-state index contributed by atoms with van der Waals surface area (Å²) in [6.45, 7) is 3.07. The highest BCUT2D eigenvalue weighted by Crippen LogP contribution is 2.26. The van der Waals surface area contributed by atoms with E-state index in [0.29, 0.717) is 26.2 Å². The first kappa shape index (κ1) is 8.50. The van der Waals surface area contributed by atoms with Gasteiger partial charge in [-0.2, -0.15) is 0 Å². The van der Waals surface area contributed by atoms with Crippen molar-refractivity contribution in [2.24, 2.45) is 0 Å². The Morgan fingerprint density at radius 3 is 2.85 bits per heavy atom.